The van der Waals surface area contributed by atoms with Gasteiger partial charge in [-0.25, -0.2) is 4.79 Å². The number of benzene rings is 1. The summed E-state index contributed by atoms with van der Waals surface area (Å²) in [4.78, 5) is 32.4. The maximum absolute atomic E-state index is 12.7. The summed E-state index contributed by atoms with van der Waals surface area (Å²) < 4.78 is 1.04. The van der Waals surface area contributed by atoms with Gasteiger partial charge >= 0.3 is 6.03 Å². The molecule has 1 aromatic heterocycles. The summed E-state index contributed by atoms with van der Waals surface area (Å²) in [5, 5.41) is 10.2. The Labute approximate surface area is 204 Å². The van der Waals surface area contributed by atoms with Crippen LogP contribution in [-0.4, -0.2) is 69.7 Å². The zero-order valence-corrected chi connectivity index (χ0v) is 19.9. The second kappa shape index (κ2) is 10.4. The molecule has 0 saturated heterocycles. The lowest BCUT2D eigenvalue weighted by Gasteiger charge is -2.18. The van der Waals surface area contributed by atoms with E-state index in [1.807, 2.05) is 32.4 Å². The highest BCUT2D eigenvalue weighted by atomic mass is 16.2. The summed E-state index contributed by atoms with van der Waals surface area (Å²) in [6.07, 6.45) is 11.0. The van der Waals surface area contributed by atoms with E-state index in [2.05, 4.69) is 50.4 Å². The van der Waals surface area contributed by atoms with Gasteiger partial charge in [-0.3, -0.25) is 4.79 Å². The number of likely N-dealkylation sites (N-methyl/N-ethyl adjacent to an activating group) is 1. The Morgan fingerprint density at radius 3 is 2.71 bits per heavy atom. The molecule has 0 saturated carbocycles. The number of aromatic nitrogens is 3. The lowest BCUT2D eigenvalue weighted by Crippen LogP contribution is -2.23. The molecule has 182 valence electrons. The molecule has 1 unspecified atom stereocenters. The van der Waals surface area contributed by atoms with Crippen molar-refractivity contribution in [3.63, 3.8) is 0 Å². The Hall–Kier alpha value is -4.18. The number of hydrogen-bond acceptors (Lipinski definition) is 7. The van der Waals surface area contributed by atoms with Crippen molar-refractivity contribution in [1.82, 2.24) is 24.6 Å². The Morgan fingerprint density at radius 2 is 2.06 bits per heavy atom. The molecule has 1 aliphatic heterocycles. The summed E-state index contributed by atoms with van der Waals surface area (Å²) in [6.45, 7) is 5.04. The molecule has 0 fully saturated rings. The molecule has 2 amide bonds. The van der Waals surface area contributed by atoms with Crippen molar-refractivity contribution in [2.75, 3.05) is 43.6 Å². The first-order chi connectivity index (χ1) is 16.8. The number of nitrogen functional groups attached to an aromatic ring is 1. The molecule has 1 aliphatic carbocycles. The van der Waals surface area contributed by atoms with Gasteiger partial charge < -0.3 is 26.2 Å². The highest BCUT2D eigenvalue weighted by molar-refractivity contribution is 5.92. The molecule has 2 aromatic rings. The van der Waals surface area contributed by atoms with E-state index in [0.717, 1.165) is 35.2 Å². The monoisotopic (exact) mass is 474 g/mol. The minimum Gasteiger partial charge on any atom is -0.368 e. The molecular formula is C25H30N8O2. The van der Waals surface area contributed by atoms with Gasteiger partial charge in [0.15, 0.2) is 0 Å². The van der Waals surface area contributed by atoms with E-state index in [0.29, 0.717) is 18.2 Å². The van der Waals surface area contributed by atoms with Crippen molar-refractivity contribution in [2.24, 2.45) is 0 Å². The van der Waals surface area contributed by atoms with Gasteiger partial charge in [0.25, 0.3) is 0 Å². The van der Waals surface area contributed by atoms with E-state index in [4.69, 9.17) is 5.73 Å². The first-order valence-electron chi connectivity index (χ1n) is 11.4. The third kappa shape index (κ3) is 5.85. The minimum absolute atomic E-state index is 0.00617. The van der Waals surface area contributed by atoms with E-state index in [1.165, 1.54) is 11.6 Å². The fourth-order valence-electron chi connectivity index (χ4n) is 3.97. The van der Waals surface area contributed by atoms with Gasteiger partial charge in [0.1, 0.15) is 0 Å². The third-order valence-electron chi connectivity index (χ3n) is 5.71. The second-order valence-corrected chi connectivity index (χ2v) is 8.72. The van der Waals surface area contributed by atoms with E-state index in [1.54, 1.807) is 17.0 Å². The van der Waals surface area contributed by atoms with E-state index in [9.17, 15) is 9.59 Å². The van der Waals surface area contributed by atoms with Crippen molar-refractivity contribution >= 4 is 35.1 Å². The van der Waals surface area contributed by atoms with E-state index < -0.39 is 6.03 Å². The van der Waals surface area contributed by atoms with Crippen LogP contribution in [0.25, 0.3) is 5.57 Å². The Balaban J connectivity index is 1.35. The van der Waals surface area contributed by atoms with Gasteiger partial charge in [-0.15, -0.1) is 9.78 Å². The molecule has 2 heterocycles. The van der Waals surface area contributed by atoms with Crippen LogP contribution in [0.15, 0.2) is 66.9 Å². The van der Waals surface area contributed by atoms with Crippen LogP contribution in [-0.2, 0) is 4.79 Å². The van der Waals surface area contributed by atoms with Crippen molar-refractivity contribution in [2.45, 2.75) is 18.9 Å². The largest absolute Gasteiger partial charge is 0.368 e. The SMILES string of the molecule is C=CC(=O)N1C=C(c2ccc(NC(=O)n3nc(NC4C=CC(CN(C)C)=CC4)nc3N)cc2)CC1. The number of carbonyl (C=O) groups excluding carboxylic acids is 2. The average molecular weight is 475 g/mol. The number of rotatable bonds is 7. The van der Waals surface area contributed by atoms with Gasteiger partial charge in [0.05, 0.1) is 6.04 Å². The summed E-state index contributed by atoms with van der Waals surface area (Å²) in [5.74, 6) is 0.167. The van der Waals surface area contributed by atoms with Crippen molar-refractivity contribution in [3.8, 4) is 0 Å². The van der Waals surface area contributed by atoms with Crippen LogP contribution in [0.2, 0.25) is 0 Å². The lowest BCUT2D eigenvalue weighted by molar-refractivity contribution is -0.123. The van der Waals surface area contributed by atoms with Crippen LogP contribution in [0.4, 0.5) is 22.4 Å². The van der Waals surface area contributed by atoms with Crippen molar-refractivity contribution in [3.05, 3.63) is 72.5 Å². The first-order valence-corrected chi connectivity index (χ1v) is 11.4. The molecule has 1 atom stereocenters. The van der Waals surface area contributed by atoms with Crippen LogP contribution in [0.3, 0.4) is 0 Å². The zero-order valence-electron chi connectivity index (χ0n) is 19.9. The van der Waals surface area contributed by atoms with E-state index in [-0.39, 0.29) is 17.9 Å². The number of carbonyl (C=O) groups is 2. The average Bonchev–Trinajstić information content (AvgIpc) is 3.47. The molecule has 0 spiro atoms. The van der Waals surface area contributed by atoms with E-state index >= 15 is 0 Å². The molecule has 10 nitrogen and oxygen atoms in total. The number of nitrogens with one attached hydrogen (secondary N) is 2. The predicted octanol–water partition coefficient (Wildman–Crippen LogP) is 2.93. The Morgan fingerprint density at radius 1 is 1.29 bits per heavy atom. The molecular weight excluding hydrogens is 444 g/mol. The summed E-state index contributed by atoms with van der Waals surface area (Å²) >= 11 is 0. The molecule has 2 aliphatic rings. The van der Waals surface area contributed by atoms with Crippen LogP contribution < -0.4 is 16.4 Å². The van der Waals surface area contributed by atoms with Crippen molar-refractivity contribution in [1.29, 1.82) is 0 Å². The third-order valence-corrected chi connectivity index (χ3v) is 5.71. The van der Waals surface area contributed by atoms with Crippen molar-refractivity contribution < 1.29 is 9.59 Å². The number of nitrogens with zero attached hydrogens (tertiary/aromatic N) is 5. The van der Waals surface area contributed by atoms with Gasteiger partial charge in [-0.2, -0.15) is 4.98 Å². The number of nitrogens with two attached hydrogens (primary N) is 1. The number of amides is 2. The summed E-state index contributed by atoms with van der Waals surface area (Å²) in [5.41, 5.74) is 9.82. The normalized spacial score (nSPS) is 17.2. The minimum atomic E-state index is -0.508. The number of anilines is 3. The van der Waals surface area contributed by atoms with Crippen LogP contribution in [0, 0.1) is 0 Å². The van der Waals surface area contributed by atoms with Gasteiger partial charge in [-0.05, 0) is 61.9 Å². The second-order valence-electron chi connectivity index (χ2n) is 8.72. The lowest BCUT2D eigenvalue weighted by atomic mass is 10.0. The summed E-state index contributed by atoms with van der Waals surface area (Å²) in [7, 11) is 4.07. The summed E-state index contributed by atoms with van der Waals surface area (Å²) in [6, 6.07) is 6.90. The van der Waals surface area contributed by atoms with Gasteiger partial charge in [-0.1, -0.05) is 36.9 Å². The first kappa shape index (κ1) is 24.0. The number of hydrogen-bond donors (Lipinski definition) is 3. The smallest absolute Gasteiger partial charge is 0.349 e. The maximum atomic E-state index is 12.7. The van der Waals surface area contributed by atoms with Crippen LogP contribution in [0.1, 0.15) is 18.4 Å². The molecule has 4 N–H and O–H groups in total. The topological polar surface area (TPSA) is 121 Å². The highest BCUT2D eigenvalue weighted by Crippen LogP contribution is 2.26. The molecule has 0 radical (unpaired) electrons. The fraction of sp³-hybridized carbons (Fsp3) is 0.280. The Bertz CT molecular complexity index is 1210. The Kier molecular flexibility index (Phi) is 7.11. The van der Waals surface area contributed by atoms with Crippen LogP contribution >= 0.6 is 0 Å². The predicted molar refractivity (Wildman–Crippen MR) is 138 cm³/mol. The van der Waals surface area contributed by atoms with Gasteiger partial charge in [0, 0.05) is 25.0 Å². The quantitative estimate of drug-likeness (QED) is 0.528. The van der Waals surface area contributed by atoms with Gasteiger partial charge in [0.2, 0.25) is 17.8 Å². The van der Waals surface area contributed by atoms with Crippen LogP contribution in [0.5, 0.6) is 0 Å². The molecule has 4 rings (SSSR count). The molecule has 0 bridgehead atoms. The molecule has 35 heavy (non-hydrogen) atoms. The fourth-order valence-corrected chi connectivity index (χ4v) is 3.97. The zero-order chi connectivity index (χ0) is 24.9. The molecule has 1 aromatic carbocycles. The maximum Gasteiger partial charge on any atom is 0.349 e. The molecule has 10 heteroatoms. The standard InChI is InChI=1S/C25H30N8O2/c1-4-22(34)32-14-13-19(16-32)18-7-11-21(12-8-18)28-25(35)33-23(26)29-24(30-33)27-20-9-5-17(6-10-20)15-31(2)3/h4-9,11-12,16,20H,1,10,13-15H2,2-3H3,(H,28,35)(H3,26,27,29,30). The highest BCUT2D eigenvalue weighted by Gasteiger charge is 2.19.